The fourth-order valence-electron chi connectivity index (χ4n) is 1.11. The second kappa shape index (κ2) is 5.66. The van der Waals surface area contributed by atoms with E-state index in [9.17, 15) is 4.79 Å². The van der Waals surface area contributed by atoms with Crippen LogP contribution < -0.4 is 10.5 Å². The van der Waals surface area contributed by atoms with Crippen molar-refractivity contribution in [1.82, 2.24) is 0 Å². The first-order valence-corrected chi connectivity index (χ1v) is 4.66. The average Bonchev–Trinajstić information content (AvgIpc) is 2.29. The Labute approximate surface area is 94.3 Å². The van der Waals surface area contributed by atoms with Gasteiger partial charge in [0.15, 0.2) is 0 Å². The van der Waals surface area contributed by atoms with Gasteiger partial charge in [-0.2, -0.15) is 0 Å². The van der Waals surface area contributed by atoms with Crippen LogP contribution in [0, 0.1) is 11.8 Å². The summed E-state index contributed by atoms with van der Waals surface area (Å²) in [4.78, 5) is 10.8. The molecule has 4 heteroatoms. The average molecular weight is 219 g/mol. The van der Waals surface area contributed by atoms with Crippen molar-refractivity contribution in [2.45, 2.75) is 6.42 Å². The highest BCUT2D eigenvalue weighted by Gasteiger charge is 2.00. The molecular weight excluding hydrogens is 206 g/mol. The molecule has 1 aromatic rings. The Balaban J connectivity index is 2.86. The molecule has 0 radical (unpaired) electrons. The Bertz CT molecular complexity index is 443. The third-order valence-corrected chi connectivity index (χ3v) is 1.91. The van der Waals surface area contributed by atoms with Crippen molar-refractivity contribution in [2.24, 2.45) is 0 Å². The lowest BCUT2D eigenvalue weighted by molar-refractivity contribution is -0.139. The van der Waals surface area contributed by atoms with E-state index < -0.39 is 0 Å². The molecule has 0 aliphatic heterocycles. The van der Waals surface area contributed by atoms with Crippen molar-refractivity contribution < 1.29 is 14.3 Å². The first kappa shape index (κ1) is 11.9. The van der Waals surface area contributed by atoms with Gasteiger partial charge in [0.2, 0.25) is 0 Å². The number of hydrogen-bond acceptors (Lipinski definition) is 4. The predicted octanol–water partition coefficient (Wildman–Crippen LogP) is 1.19. The Morgan fingerprint density at radius 2 is 2.19 bits per heavy atom. The number of methoxy groups -OCH3 is 2. The summed E-state index contributed by atoms with van der Waals surface area (Å²) in [6.07, 6.45) is 0.0501. The smallest absolute Gasteiger partial charge is 0.317 e. The number of nitrogen functional groups attached to an aromatic ring is 1. The van der Waals surface area contributed by atoms with E-state index in [0.29, 0.717) is 17.0 Å². The molecule has 16 heavy (non-hydrogen) atoms. The van der Waals surface area contributed by atoms with Crippen molar-refractivity contribution in [2.75, 3.05) is 20.0 Å². The third-order valence-electron chi connectivity index (χ3n) is 1.91. The number of carbonyl (C=O) groups is 1. The number of ether oxygens (including phenoxy) is 2. The zero-order valence-corrected chi connectivity index (χ0v) is 9.24. The van der Waals surface area contributed by atoms with Gasteiger partial charge in [0.1, 0.15) is 12.2 Å². The van der Waals surface area contributed by atoms with Crippen LogP contribution in [0.2, 0.25) is 0 Å². The summed E-state index contributed by atoms with van der Waals surface area (Å²) < 4.78 is 9.58. The standard InChI is InChI=1S/C12H13NO3/c1-15-11-7-6-10(13)8-9(11)4-3-5-12(14)16-2/h6-8H,5,13H2,1-2H3. The second-order valence-corrected chi connectivity index (χ2v) is 3.01. The van der Waals surface area contributed by atoms with Crippen LogP contribution in [-0.2, 0) is 9.53 Å². The molecule has 0 saturated heterocycles. The highest BCUT2D eigenvalue weighted by atomic mass is 16.5. The number of rotatable bonds is 2. The zero-order valence-electron chi connectivity index (χ0n) is 9.24. The van der Waals surface area contributed by atoms with Gasteiger partial charge < -0.3 is 15.2 Å². The molecule has 0 bridgehead atoms. The first-order valence-electron chi connectivity index (χ1n) is 4.66. The molecule has 0 aliphatic rings. The summed E-state index contributed by atoms with van der Waals surface area (Å²) in [5.74, 6) is 5.77. The fraction of sp³-hybridized carbons (Fsp3) is 0.250. The minimum absolute atomic E-state index is 0.0501. The van der Waals surface area contributed by atoms with E-state index in [1.54, 1.807) is 25.3 Å². The Morgan fingerprint density at radius 1 is 1.44 bits per heavy atom. The van der Waals surface area contributed by atoms with E-state index in [1.807, 2.05) is 0 Å². The van der Waals surface area contributed by atoms with Crippen LogP contribution in [0.25, 0.3) is 0 Å². The molecule has 2 N–H and O–H groups in total. The normalized spacial score (nSPS) is 8.88. The summed E-state index contributed by atoms with van der Waals surface area (Å²) in [6, 6.07) is 5.16. The van der Waals surface area contributed by atoms with Gasteiger partial charge >= 0.3 is 5.97 Å². The van der Waals surface area contributed by atoms with Crippen molar-refractivity contribution in [3.8, 4) is 17.6 Å². The van der Waals surface area contributed by atoms with Gasteiger partial charge in [0.05, 0.1) is 19.8 Å². The summed E-state index contributed by atoms with van der Waals surface area (Å²) >= 11 is 0. The Kier molecular flexibility index (Phi) is 4.22. The van der Waals surface area contributed by atoms with Crippen LogP contribution in [0.4, 0.5) is 5.69 Å². The quantitative estimate of drug-likeness (QED) is 0.461. The van der Waals surface area contributed by atoms with E-state index in [0.717, 1.165) is 0 Å². The van der Waals surface area contributed by atoms with Crippen LogP contribution in [0.3, 0.4) is 0 Å². The highest BCUT2D eigenvalue weighted by Crippen LogP contribution is 2.19. The van der Waals surface area contributed by atoms with E-state index >= 15 is 0 Å². The predicted molar refractivity (Wildman–Crippen MR) is 60.9 cm³/mol. The number of carbonyl (C=O) groups excluding carboxylic acids is 1. The van der Waals surface area contributed by atoms with Crippen LogP contribution in [0.5, 0.6) is 5.75 Å². The molecule has 0 atom stereocenters. The summed E-state index contributed by atoms with van der Waals surface area (Å²) in [5, 5.41) is 0. The van der Waals surface area contributed by atoms with E-state index in [-0.39, 0.29) is 12.4 Å². The van der Waals surface area contributed by atoms with Gasteiger partial charge in [-0.1, -0.05) is 11.8 Å². The number of esters is 1. The molecule has 0 aromatic heterocycles. The molecular formula is C12H13NO3. The summed E-state index contributed by atoms with van der Waals surface area (Å²) in [5.41, 5.74) is 6.88. The molecule has 0 aliphatic carbocycles. The number of nitrogens with two attached hydrogens (primary N) is 1. The minimum Gasteiger partial charge on any atom is -0.495 e. The maximum absolute atomic E-state index is 10.8. The molecule has 0 spiro atoms. The zero-order chi connectivity index (χ0) is 12.0. The van der Waals surface area contributed by atoms with Crippen LogP contribution >= 0.6 is 0 Å². The molecule has 0 fully saturated rings. The maximum atomic E-state index is 10.8. The molecule has 1 aromatic carbocycles. The van der Waals surface area contributed by atoms with Crippen LogP contribution in [0.15, 0.2) is 18.2 Å². The van der Waals surface area contributed by atoms with Crippen molar-refractivity contribution in [3.63, 3.8) is 0 Å². The molecule has 0 saturated carbocycles. The highest BCUT2D eigenvalue weighted by molar-refractivity contribution is 5.72. The molecule has 0 unspecified atom stereocenters. The van der Waals surface area contributed by atoms with Crippen molar-refractivity contribution in [1.29, 1.82) is 0 Å². The lowest BCUT2D eigenvalue weighted by Crippen LogP contribution is -1.97. The number of hydrogen-bond donors (Lipinski definition) is 1. The van der Waals surface area contributed by atoms with Gasteiger partial charge in [-0.15, -0.1) is 0 Å². The van der Waals surface area contributed by atoms with Crippen molar-refractivity contribution in [3.05, 3.63) is 23.8 Å². The number of anilines is 1. The molecule has 84 valence electrons. The summed E-state index contributed by atoms with van der Waals surface area (Å²) in [6.45, 7) is 0. The van der Waals surface area contributed by atoms with Crippen molar-refractivity contribution >= 4 is 11.7 Å². The summed E-state index contributed by atoms with van der Waals surface area (Å²) in [7, 11) is 2.88. The minimum atomic E-state index is -0.365. The van der Waals surface area contributed by atoms with Gasteiger partial charge in [-0.25, -0.2) is 0 Å². The SMILES string of the molecule is COC(=O)CC#Cc1cc(N)ccc1OC. The van der Waals surface area contributed by atoms with Gasteiger partial charge in [0, 0.05) is 5.69 Å². The van der Waals surface area contributed by atoms with E-state index in [2.05, 4.69) is 16.6 Å². The van der Waals surface area contributed by atoms with Gasteiger partial charge in [-0.3, -0.25) is 4.79 Å². The molecule has 0 heterocycles. The van der Waals surface area contributed by atoms with Gasteiger partial charge in [0.25, 0.3) is 0 Å². The third kappa shape index (κ3) is 3.21. The van der Waals surface area contributed by atoms with Crippen LogP contribution in [0.1, 0.15) is 12.0 Å². The fourth-order valence-corrected chi connectivity index (χ4v) is 1.11. The lowest BCUT2D eigenvalue weighted by Gasteiger charge is -2.03. The largest absolute Gasteiger partial charge is 0.495 e. The van der Waals surface area contributed by atoms with E-state index in [1.165, 1.54) is 7.11 Å². The lowest BCUT2D eigenvalue weighted by atomic mass is 10.2. The number of benzene rings is 1. The topological polar surface area (TPSA) is 61.5 Å². The Hall–Kier alpha value is -2.15. The molecule has 1 rings (SSSR count). The molecule has 4 nitrogen and oxygen atoms in total. The Morgan fingerprint density at radius 3 is 2.81 bits per heavy atom. The first-order chi connectivity index (χ1) is 7.67. The van der Waals surface area contributed by atoms with E-state index in [4.69, 9.17) is 10.5 Å². The van der Waals surface area contributed by atoms with Crippen LogP contribution in [-0.4, -0.2) is 20.2 Å². The van der Waals surface area contributed by atoms with Gasteiger partial charge in [-0.05, 0) is 18.2 Å². The maximum Gasteiger partial charge on any atom is 0.317 e. The monoisotopic (exact) mass is 219 g/mol. The molecule has 0 amide bonds. The second-order valence-electron chi connectivity index (χ2n) is 3.01.